The maximum atomic E-state index is 13.4. The molecule has 1 aliphatic heterocycles. The Morgan fingerprint density at radius 2 is 1.76 bits per heavy atom. The molecule has 2 aromatic carbocycles. The Hall–Kier alpha value is -3.23. The number of rotatable bonds is 6. The lowest BCUT2D eigenvalue weighted by Gasteiger charge is -2.38. The molecule has 1 saturated heterocycles. The van der Waals surface area contributed by atoms with Crippen LogP contribution in [0, 0.1) is 5.82 Å². The van der Waals surface area contributed by atoms with Crippen molar-refractivity contribution in [1.29, 1.82) is 0 Å². The van der Waals surface area contributed by atoms with Crippen LogP contribution in [-0.2, 0) is 16.0 Å². The molecule has 1 unspecified atom stereocenters. The number of nitrogens with zero attached hydrogens (tertiary/aromatic N) is 4. The predicted octanol–water partition coefficient (Wildman–Crippen LogP) is 3.90. The standard InChI is InChI=1S/C25H26ClFN4O3/c1-3-22-20(16-28-31(22)18-10-8-17(27)9-11-18)24(32)30-14-12-29(13-15-30)23(25(33)34-2)19-6-4-5-7-21(19)26/h4-11,16,23H,3,12-15H2,1-2H3. The summed E-state index contributed by atoms with van der Waals surface area (Å²) in [6, 6.07) is 12.6. The second-order valence-electron chi connectivity index (χ2n) is 8.02. The summed E-state index contributed by atoms with van der Waals surface area (Å²) in [7, 11) is 1.36. The van der Waals surface area contributed by atoms with Gasteiger partial charge in [0.1, 0.15) is 11.9 Å². The summed E-state index contributed by atoms with van der Waals surface area (Å²) in [5.41, 5.74) is 2.67. The number of piperazine rings is 1. The van der Waals surface area contributed by atoms with Gasteiger partial charge >= 0.3 is 5.97 Å². The van der Waals surface area contributed by atoms with Crippen molar-refractivity contribution in [1.82, 2.24) is 19.6 Å². The third-order valence-corrected chi connectivity index (χ3v) is 6.44. The van der Waals surface area contributed by atoms with Crippen LogP contribution in [-0.4, -0.2) is 64.7 Å². The van der Waals surface area contributed by atoms with Gasteiger partial charge in [-0.05, 0) is 42.3 Å². The summed E-state index contributed by atoms with van der Waals surface area (Å²) in [6.45, 7) is 3.83. The zero-order valence-corrected chi connectivity index (χ0v) is 19.8. The Morgan fingerprint density at radius 1 is 1.09 bits per heavy atom. The molecule has 34 heavy (non-hydrogen) atoms. The average Bonchev–Trinajstić information content (AvgIpc) is 3.29. The van der Waals surface area contributed by atoms with Crippen molar-refractivity contribution < 1.29 is 18.7 Å². The number of methoxy groups -OCH3 is 1. The van der Waals surface area contributed by atoms with E-state index in [4.69, 9.17) is 16.3 Å². The van der Waals surface area contributed by atoms with Gasteiger partial charge in [-0.3, -0.25) is 9.69 Å². The van der Waals surface area contributed by atoms with E-state index in [9.17, 15) is 14.0 Å². The third kappa shape index (κ3) is 4.69. The summed E-state index contributed by atoms with van der Waals surface area (Å²) in [5, 5.41) is 4.89. The number of amides is 1. The first-order valence-corrected chi connectivity index (χ1v) is 11.5. The molecule has 0 N–H and O–H groups in total. The molecule has 0 aliphatic carbocycles. The molecule has 1 aromatic heterocycles. The lowest BCUT2D eigenvalue weighted by atomic mass is 10.0. The Bertz CT molecular complexity index is 1170. The summed E-state index contributed by atoms with van der Waals surface area (Å²) >= 11 is 6.36. The zero-order chi connectivity index (χ0) is 24.2. The number of carbonyl (C=O) groups excluding carboxylic acids is 2. The quantitative estimate of drug-likeness (QED) is 0.496. The number of aromatic nitrogens is 2. The van der Waals surface area contributed by atoms with E-state index in [1.54, 1.807) is 34.0 Å². The van der Waals surface area contributed by atoms with Crippen LogP contribution in [0.2, 0.25) is 5.02 Å². The molecule has 7 nitrogen and oxygen atoms in total. The second-order valence-corrected chi connectivity index (χ2v) is 8.43. The largest absolute Gasteiger partial charge is 0.468 e. The number of ether oxygens (including phenoxy) is 1. The van der Waals surface area contributed by atoms with Gasteiger partial charge in [0, 0.05) is 31.2 Å². The SMILES string of the molecule is CCc1c(C(=O)N2CCN(C(C(=O)OC)c3ccccc3Cl)CC2)cnn1-c1ccc(F)cc1. The highest BCUT2D eigenvalue weighted by Crippen LogP contribution is 2.30. The van der Waals surface area contributed by atoms with Crippen molar-refractivity contribution in [3.8, 4) is 5.69 Å². The third-order valence-electron chi connectivity index (χ3n) is 6.10. The molecular formula is C25H26ClFN4O3. The normalized spacial score (nSPS) is 15.2. The monoisotopic (exact) mass is 484 g/mol. The Labute approximate surface area is 202 Å². The first-order valence-electron chi connectivity index (χ1n) is 11.1. The maximum absolute atomic E-state index is 13.4. The van der Waals surface area contributed by atoms with Crippen molar-refractivity contribution >= 4 is 23.5 Å². The van der Waals surface area contributed by atoms with E-state index < -0.39 is 6.04 Å². The summed E-state index contributed by atoms with van der Waals surface area (Å²) in [5.74, 6) is -0.830. The van der Waals surface area contributed by atoms with Crippen LogP contribution in [0.25, 0.3) is 5.69 Å². The second kappa shape index (κ2) is 10.4. The maximum Gasteiger partial charge on any atom is 0.327 e. The first kappa shape index (κ1) is 23.9. The predicted molar refractivity (Wildman–Crippen MR) is 127 cm³/mol. The van der Waals surface area contributed by atoms with Gasteiger partial charge in [0.05, 0.1) is 30.3 Å². The zero-order valence-electron chi connectivity index (χ0n) is 19.1. The number of hydrogen-bond acceptors (Lipinski definition) is 5. The van der Waals surface area contributed by atoms with Crippen molar-refractivity contribution in [2.75, 3.05) is 33.3 Å². The smallest absolute Gasteiger partial charge is 0.327 e. The highest BCUT2D eigenvalue weighted by molar-refractivity contribution is 6.31. The van der Waals surface area contributed by atoms with E-state index in [0.717, 1.165) is 5.69 Å². The molecule has 9 heteroatoms. The van der Waals surface area contributed by atoms with Gasteiger partial charge in [0.2, 0.25) is 0 Å². The molecule has 0 radical (unpaired) electrons. The number of halogens is 2. The summed E-state index contributed by atoms with van der Waals surface area (Å²) < 4.78 is 20.0. The van der Waals surface area contributed by atoms with Crippen LogP contribution >= 0.6 is 11.6 Å². The van der Waals surface area contributed by atoms with Crippen molar-refractivity contribution in [3.63, 3.8) is 0 Å². The molecule has 2 heterocycles. The van der Waals surface area contributed by atoms with E-state index >= 15 is 0 Å². The van der Waals surface area contributed by atoms with Crippen molar-refractivity contribution in [2.45, 2.75) is 19.4 Å². The lowest BCUT2D eigenvalue weighted by Crippen LogP contribution is -2.51. The highest BCUT2D eigenvalue weighted by atomic mass is 35.5. The summed E-state index contributed by atoms with van der Waals surface area (Å²) in [4.78, 5) is 29.7. The van der Waals surface area contributed by atoms with Gasteiger partial charge in [0.15, 0.2) is 0 Å². The molecule has 4 rings (SSSR count). The minimum atomic E-state index is -0.636. The molecular weight excluding hydrogens is 459 g/mol. The van der Waals surface area contributed by atoms with Gasteiger partial charge in [-0.1, -0.05) is 36.7 Å². The topological polar surface area (TPSA) is 67.7 Å². The van der Waals surface area contributed by atoms with Crippen LogP contribution in [0.15, 0.2) is 54.7 Å². The average molecular weight is 485 g/mol. The fraction of sp³-hybridized carbons (Fsp3) is 0.320. The van der Waals surface area contributed by atoms with E-state index in [0.29, 0.717) is 54.4 Å². The highest BCUT2D eigenvalue weighted by Gasteiger charge is 2.34. The van der Waals surface area contributed by atoms with Gasteiger partial charge in [-0.2, -0.15) is 5.10 Å². The van der Waals surface area contributed by atoms with Crippen LogP contribution in [0.5, 0.6) is 0 Å². The lowest BCUT2D eigenvalue weighted by molar-refractivity contribution is -0.148. The molecule has 0 spiro atoms. The first-order chi connectivity index (χ1) is 16.4. The molecule has 0 saturated carbocycles. The molecule has 1 amide bonds. The minimum absolute atomic E-state index is 0.114. The molecule has 3 aromatic rings. The fourth-order valence-electron chi connectivity index (χ4n) is 4.33. The number of esters is 1. The van der Waals surface area contributed by atoms with Gasteiger partial charge in [0.25, 0.3) is 5.91 Å². The molecule has 1 aliphatic rings. The molecule has 0 bridgehead atoms. The van der Waals surface area contributed by atoms with Gasteiger partial charge in [-0.15, -0.1) is 0 Å². The molecule has 1 fully saturated rings. The Balaban J connectivity index is 1.51. The molecule has 178 valence electrons. The molecule has 1 atom stereocenters. The summed E-state index contributed by atoms with van der Waals surface area (Å²) in [6.07, 6.45) is 2.16. The van der Waals surface area contributed by atoms with Gasteiger partial charge in [-0.25, -0.2) is 13.9 Å². The van der Waals surface area contributed by atoms with Crippen molar-refractivity contribution in [2.24, 2.45) is 0 Å². The van der Waals surface area contributed by atoms with E-state index in [-0.39, 0.29) is 17.7 Å². The minimum Gasteiger partial charge on any atom is -0.468 e. The number of hydrogen-bond donors (Lipinski definition) is 0. The number of benzene rings is 2. The van der Waals surface area contributed by atoms with E-state index in [1.807, 2.05) is 30.0 Å². The number of carbonyl (C=O) groups is 2. The van der Waals surface area contributed by atoms with E-state index in [2.05, 4.69) is 5.10 Å². The van der Waals surface area contributed by atoms with Crippen molar-refractivity contribution in [3.05, 3.63) is 82.4 Å². The fourth-order valence-corrected chi connectivity index (χ4v) is 4.57. The van der Waals surface area contributed by atoms with Crippen LogP contribution in [0.1, 0.15) is 34.6 Å². The Morgan fingerprint density at radius 3 is 2.38 bits per heavy atom. The van der Waals surface area contributed by atoms with Crippen LogP contribution < -0.4 is 0 Å². The van der Waals surface area contributed by atoms with Crippen LogP contribution in [0.4, 0.5) is 4.39 Å². The van der Waals surface area contributed by atoms with E-state index in [1.165, 1.54) is 19.2 Å². The van der Waals surface area contributed by atoms with Crippen LogP contribution in [0.3, 0.4) is 0 Å². The van der Waals surface area contributed by atoms with Gasteiger partial charge < -0.3 is 9.64 Å². The Kier molecular flexibility index (Phi) is 7.29.